The van der Waals surface area contributed by atoms with Crippen molar-refractivity contribution in [2.45, 2.75) is 44.1 Å². The van der Waals surface area contributed by atoms with Crippen molar-refractivity contribution in [1.82, 2.24) is 0 Å². The predicted octanol–water partition coefficient (Wildman–Crippen LogP) is 5.84. The Labute approximate surface area is 141 Å². The van der Waals surface area contributed by atoms with Crippen LogP contribution in [0.2, 0.25) is 0 Å². The molecule has 2 fully saturated rings. The summed E-state index contributed by atoms with van der Waals surface area (Å²) in [6.07, 6.45) is 5.25. The van der Waals surface area contributed by atoms with Crippen molar-refractivity contribution in [2.24, 2.45) is 0 Å². The third kappa shape index (κ3) is 2.38. The molecule has 4 rings (SSSR count). The maximum absolute atomic E-state index is 3.55. The number of rotatable bonds is 3. The largest absolute Gasteiger partial charge is 0.362 e. The summed E-state index contributed by atoms with van der Waals surface area (Å²) in [7, 11) is 0. The Morgan fingerprint density at radius 2 is 1.77 bits per heavy atom. The first-order chi connectivity index (χ1) is 10.7. The predicted molar refractivity (Wildman–Crippen MR) is 96.5 cm³/mol. The van der Waals surface area contributed by atoms with Crippen molar-refractivity contribution in [2.75, 3.05) is 11.4 Å². The number of anilines is 1. The van der Waals surface area contributed by atoms with Crippen LogP contribution in [0.5, 0.6) is 0 Å². The number of halogens is 1. The molecule has 1 nitrogen and oxygen atoms in total. The van der Waals surface area contributed by atoms with Gasteiger partial charge in [0, 0.05) is 16.7 Å². The SMILES string of the molecule is CC1(c2ccccc2C2CC2)CCCN1c1ccc(Br)cc1. The van der Waals surface area contributed by atoms with Crippen LogP contribution in [0.4, 0.5) is 5.69 Å². The highest BCUT2D eigenvalue weighted by molar-refractivity contribution is 9.10. The van der Waals surface area contributed by atoms with E-state index in [-0.39, 0.29) is 5.54 Å². The average molecular weight is 356 g/mol. The van der Waals surface area contributed by atoms with E-state index in [0.29, 0.717) is 0 Å². The lowest BCUT2D eigenvalue weighted by Gasteiger charge is -2.39. The number of nitrogens with zero attached hydrogens (tertiary/aromatic N) is 1. The van der Waals surface area contributed by atoms with Crippen LogP contribution in [0.25, 0.3) is 0 Å². The summed E-state index contributed by atoms with van der Waals surface area (Å²) >= 11 is 3.55. The van der Waals surface area contributed by atoms with Crippen LogP contribution in [-0.4, -0.2) is 6.54 Å². The first-order valence-electron chi connectivity index (χ1n) is 8.31. The maximum Gasteiger partial charge on any atom is 0.0629 e. The molecule has 1 unspecified atom stereocenters. The highest BCUT2D eigenvalue weighted by atomic mass is 79.9. The highest BCUT2D eigenvalue weighted by Crippen LogP contribution is 2.49. The van der Waals surface area contributed by atoms with E-state index in [1.807, 2.05) is 0 Å². The minimum absolute atomic E-state index is 0.132. The van der Waals surface area contributed by atoms with E-state index in [1.54, 1.807) is 11.1 Å². The molecule has 2 heteroatoms. The second-order valence-electron chi connectivity index (χ2n) is 6.87. The molecule has 1 heterocycles. The van der Waals surface area contributed by atoms with Gasteiger partial charge in [0.2, 0.25) is 0 Å². The van der Waals surface area contributed by atoms with Crippen molar-refractivity contribution in [3.8, 4) is 0 Å². The zero-order chi connectivity index (χ0) is 15.2. The summed E-state index contributed by atoms with van der Waals surface area (Å²) in [6.45, 7) is 3.58. The quantitative estimate of drug-likeness (QED) is 0.668. The molecule has 1 aliphatic heterocycles. The van der Waals surface area contributed by atoms with Gasteiger partial charge in [0.05, 0.1) is 5.54 Å². The third-order valence-corrected chi connectivity index (χ3v) is 5.87. The summed E-state index contributed by atoms with van der Waals surface area (Å²) in [5.74, 6) is 0.806. The fourth-order valence-corrected chi connectivity index (χ4v) is 4.28. The molecular formula is C20H22BrN. The van der Waals surface area contributed by atoms with Crippen LogP contribution in [0.1, 0.15) is 49.7 Å². The van der Waals surface area contributed by atoms with E-state index < -0.39 is 0 Å². The van der Waals surface area contributed by atoms with E-state index in [1.165, 1.54) is 31.4 Å². The van der Waals surface area contributed by atoms with Gasteiger partial charge in [-0.25, -0.2) is 0 Å². The molecule has 2 aliphatic rings. The zero-order valence-corrected chi connectivity index (χ0v) is 14.6. The Morgan fingerprint density at radius 3 is 2.50 bits per heavy atom. The summed E-state index contributed by atoms with van der Waals surface area (Å²) in [6, 6.07) is 17.9. The summed E-state index contributed by atoms with van der Waals surface area (Å²) in [5.41, 5.74) is 4.62. The summed E-state index contributed by atoms with van der Waals surface area (Å²) < 4.78 is 1.15. The second-order valence-corrected chi connectivity index (χ2v) is 7.78. The molecule has 0 N–H and O–H groups in total. The molecule has 0 radical (unpaired) electrons. The third-order valence-electron chi connectivity index (χ3n) is 5.34. The first kappa shape index (κ1) is 14.3. The fraction of sp³-hybridized carbons (Fsp3) is 0.400. The van der Waals surface area contributed by atoms with Crippen molar-refractivity contribution in [3.63, 3.8) is 0 Å². The minimum atomic E-state index is 0.132. The van der Waals surface area contributed by atoms with Gasteiger partial charge in [-0.3, -0.25) is 0 Å². The molecule has 1 atom stereocenters. The van der Waals surface area contributed by atoms with Gasteiger partial charge < -0.3 is 4.90 Å². The summed E-state index contributed by atoms with van der Waals surface area (Å²) in [4.78, 5) is 2.61. The van der Waals surface area contributed by atoms with Crippen molar-refractivity contribution < 1.29 is 0 Å². The lowest BCUT2D eigenvalue weighted by atomic mass is 9.84. The molecule has 1 saturated carbocycles. The van der Waals surface area contributed by atoms with Crippen LogP contribution >= 0.6 is 15.9 Å². The van der Waals surface area contributed by atoms with Gasteiger partial charge in [0.25, 0.3) is 0 Å². The number of hydrogen-bond acceptors (Lipinski definition) is 1. The van der Waals surface area contributed by atoms with Gasteiger partial charge in [-0.05, 0) is 73.9 Å². The summed E-state index contributed by atoms with van der Waals surface area (Å²) in [5, 5.41) is 0. The van der Waals surface area contributed by atoms with Crippen LogP contribution < -0.4 is 4.90 Å². The standard InChI is InChI=1S/C20H22BrN/c1-20(19-6-3-2-5-18(19)15-7-8-15)13-4-14-22(20)17-11-9-16(21)10-12-17/h2-3,5-6,9-12,15H,4,7-8,13-14H2,1H3. The van der Waals surface area contributed by atoms with E-state index in [0.717, 1.165) is 16.9 Å². The van der Waals surface area contributed by atoms with Gasteiger partial charge in [0.15, 0.2) is 0 Å². The molecular weight excluding hydrogens is 334 g/mol. The molecule has 0 spiro atoms. The Morgan fingerprint density at radius 1 is 1.05 bits per heavy atom. The smallest absolute Gasteiger partial charge is 0.0629 e. The minimum Gasteiger partial charge on any atom is -0.362 e. The van der Waals surface area contributed by atoms with Crippen molar-refractivity contribution in [1.29, 1.82) is 0 Å². The van der Waals surface area contributed by atoms with Crippen LogP contribution in [-0.2, 0) is 5.54 Å². The van der Waals surface area contributed by atoms with Crippen LogP contribution in [0.3, 0.4) is 0 Å². The Kier molecular flexibility index (Phi) is 3.53. The molecule has 22 heavy (non-hydrogen) atoms. The molecule has 1 aliphatic carbocycles. The monoisotopic (exact) mass is 355 g/mol. The number of hydrogen-bond donors (Lipinski definition) is 0. The van der Waals surface area contributed by atoms with Crippen LogP contribution in [0, 0.1) is 0 Å². The van der Waals surface area contributed by atoms with Crippen LogP contribution in [0.15, 0.2) is 53.0 Å². The molecule has 2 aromatic carbocycles. The molecule has 0 aromatic heterocycles. The number of benzene rings is 2. The van der Waals surface area contributed by atoms with Gasteiger partial charge in [-0.1, -0.05) is 40.2 Å². The fourth-order valence-electron chi connectivity index (χ4n) is 4.02. The molecule has 0 amide bonds. The highest BCUT2D eigenvalue weighted by Gasteiger charge is 2.41. The Balaban J connectivity index is 1.77. The topological polar surface area (TPSA) is 3.24 Å². The molecule has 0 bridgehead atoms. The van der Waals surface area contributed by atoms with Crippen molar-refractivity contribution in [3.05, 3.63) is 64.1 Å². The first-order valence-corrected chi connectivity index (χ1v) is 9.10. The molecule has 114 valence electrons. The van der Waals surface area contributed by atoms with Gasteiger partial charge in [-0.2, -0.15) is 0 Å². The zero-order valence-electron chi connectivity index (χ0n) is 13.1. The van der Waals surface area contributed by atoms with E-state index in [9.17, 15) is 0 Å². The lowest BCUT2D eigenvalue weighted by Crippen LogP contribution is -2.39. The second kappa shape index (κ2) is 5.42. The van der Waals surface area contributed by atoms with E-state index in [4.69, 9.17) is 0 Å². The van der Waals surface area contributed by atoms with Gasteiger partial charge in [0.1, 0.15) is 0 Å². The lowest BCUT2D eigenvalue weighted by molar-refractivity contribution is 0.488. The maximum atomic E-state index is 3.55. The Bertz CT molecular complexity index is 674. The average Bonchev–Trinajstić information content (AvgIpc) is 3.31. The van der Waals surface area contributed by atoms with Crippen molar-refractivity contribution >= 4 is 21.6 Å². The van der Waals surface area contributed by atoms with Gasteiger partial charge >= 0.3 is 0 Å². The van der Waals surface area contributed by atoms with Gasteiger partial charge in [-0.15, -0.1) is 0 Å². The van der Waals surface area contributed by atoms with E-state index in [2.05, 4.69) is 76.3 Å². The normalized spacial score (nSPS) is 24.7. The molecule has 2 aromatic rings. The molecule has 1 saturated heterocycles. The Hall–Kier alpha value is -1.28. The van der Waals surface area contributed by atoms with E-state index >= 15 is 0 Å².